The number of likely N-dealkylation sites (tertiary alicyclic amines) is 1. The first-order valence-corrected chi connectivity index (χ1v) is 9.72. The zero-order chi connectivity index (χ0) is 21.3. The van der Waals surface area contributed by atoms with Gasteiger partial charge in [-0.25, -0.2) is 9.18 Å². The van der Waals surface area contributed by atoms with Crippen molar-refractivity contribution in [3.63, 3.8) is 0 Å². The quantitative estimate of drug-likeness (QED) is 0.837. The third kappa shape index (κ3) is 3.54. The summed E-state index contributed by atoms with van der Waals surface area (Å²) in [7, 11) is 0. The van der Waals surface area contributed by atoms with Gasteiger partial charge in [-0.2, -0.15) is 0 Å². The van der Waals surface area contributed by atoms with E-state index in [2.05, 4.69) is 0 Å². The van der Waals surface area contributed by atoms with Crippen LogP contribution >= 0.6 is 0 Å². The minimum absolute atomic E-state index is 0.0974. The van der Waals surface area contributed by atoms with Crippen LogP contribution in [0.3, 0.4) is 0 Å². The Labute approximate surface area is 172 Å². The van der Waals surface area contributed by atoms with Gasteiger partial charge < -0.3 is 14.7 Å². The Morgan fingerprint density at radius 2 is 1.53 bits per heavy atom. The van der Waals surface area contributed by atoms with Crippen LogP contribution in [-0.4, -0.2) is 64.2 Å². The Hall–Kier alpha value is -3.26. The molecule has 0 unspecified atom stereocenters. The van der Waals surface area contributed by atoms with Gasteiger partial charge in [-0.3, -0.25) is 14.5 Å². The van der Waals surface area contributed by atoms with Crippen molar-refractivity contribution in [2.75, 3.05) is 19.7 Å². The zero-order valence-corrected chi connectivity index (χ0v) is 16.2. The summed E-state index contributed by atoms with van der Waals surface area (Å²) in [6.45, 7) is 0.488. The fraction of sp³-hybridized carbons (Fsp3) is 0.318. The van der Waals surface area contributed by atoms with Crippen molar-refractivity contribution < 1.29 is 28.6 Å². The Morgan fingerprint density at radius 1 is 0.933 bits per heavy atom. The fourth-order valence-corrected chi connectivity index (χ4v) is 4.11. The Morgan fingerprint density at radius 3 is 2.13 bits per heavy atom. The van der Waals surface area contributed by atoms with Gasteiger partial charge >= 0.3 is 5.97 Å². The van der Waals surface area contributed by atoms with E-state index in [1.807, 2.05) is 0 Å². The number of piperidine rings is 1. The summed E-state index contributed by atoms with van der Waals surface area (Å²) in [5, 5.41) is 9.64. The largest absolute Gasteiger partial charge is 0.480 e. The minimum Gasteiger partial charge on any atom is -0.480 e. The summed E-state index contributed by atoms with van der Waals surface area (Å²) in [5.41, 5.74) is -0.311. The number of carboxylic acids is 1. The minimum atomic E-state index is -1.12. The second-order valence-corrected chi connectivity index (χ2v) is 7.45. The highest BCUT2D eigenvalue weighted by Crippen LogP contribution is 2.38. The second-order valence-electron chi connectivity index (χ2n) is 7.45. The molecule has 2 saturated heterocycles. The number of rotatable bonds is 3. The number of amides is 2. The molecule has 7 nitrogen and oxygen atoms in total. The number of carboxylic acid groups (broad SMARTS) is 1. The highest BCUT2D eigenvalue weighted by molar-refractivity contribution is 5.97. The number of aliphatic carboxylic acids is 1. The molecular weight excluding hydrogens is 391 g/mol. The van der Waals surface area contributed by atoms with E-state index in [0.717, 1.165) is 0 Å². The van der Waals surface area contributed by atoms with Gasteiger partial charge in [-0.15, -0.1) is 0 Å². The lowest BCUT2D eigenvalue weighted by atomic mass is 9.96. The summed E-state index contributed by atoms with van der Waals surface area (Å²) in [4.78, 5) is 40.6. The molecule has 2 aromatic carbocycles. The highest BCUT2D eigenvalue weighted by Gasteiger charge is 2.54. The standard InChI is InChI=1S/C22H21FN2O5/c23-17-8-6-16(7-9-17)19(26)24-12-10-22(11-13-24)25(18(14-30-22)21(28)29)20(27)15-4-2-1-3-5-15/h1-9,18H,10-14H2,(H,28,29)/t18-/m0/s1. The van der Waals surface area contributed by atoms with E-state index in [0.29, 0.717) is 37.1 Å². The second kappa shape index (κ2) is 7.87. The van der Waals surface area contributed by atoms with Gasteiger partial charge in [0.1, 0.15) is 11.5 Å². The van der Waals surface area contributed by atoms with Gasteiger partial charge in [0.05, 0.1) is 6.61 Å². The molecule has 1 N–H and O–H groups in total. The predicted molar refractivity (Wildman–Crippen MR) is 104 cm³/mol. The van der Waals surface area contributed by atoms with Crippen LogP contribution in [0, 0.1) is 5.82 Å². The van der Waals surface area contributed by atoms with E-state index >= 15 is 0 Å². The maximum atomic E-state index is 13.2. The monoisotopic (exact) mass is 412 g/mol. The molecule has 1 atom stereocenters. The molecule has 156 valence electrons. The van der Waals surface area contributed by atoms with E-state index in [9.17, 15) is 23.9 Å². The van der Waals surface area contributed by atoms with E-state index in [4.69, 9.17) is 4.74 Å². The molecule has 2 aliphatic heterocycles. The number of carbonyl (C=O) groups is 3. The van der Waals surface area contributed by atoms with E-state index < -0.39 is 29.5 Å². The molecule has 2 fully saturated rings. The van der Waals surface area contributed by atoms with E-state index in [-0.39, 0.29) is 12.5 Å². The van der Waals surface area contributed by atoms with Crippen LogP contribution in [0.4, 0.5) is 4.39 Å². The lowest BCUT2D eigenvalue weighted by molar-refractivity contribution is -0.143. The first kappa shape index (κ1) is 20.0. The van der Waals surface area contributed by atoms with Crippen LogP contribution in [0.2, 0.25) is 0 Å². The number of carbonyl (C=O) groups excluding carboxylic acids is 2. The summed E-state index contributed by atoms with van der Waals surface area (Å²) >= 11 is 0. The number of hydrogen-bond acceptors (Lipinski definition) is 4. The first-order chi connectivity index (χ1) is 14.4. The smallest absolute Gasteiger partial charge is 0.328 e. The molecule has 2 amide bonds. The van der Waals surface area contributed by atoms with Crippen LogP contribution in [0.15, 0.2) is 54.6 Å². The molecule has 1 spiro atoms. The summed E-state index contributed by atoms with van der Waals surface area (Å²) < 4.78 is 19.0. The molecule has 0 saturated carbocycles. The Balaban J connectivity index is 1.54. The van der Waals surface area contributed by atoms with Gasteiger partial charge in [-0.1, -0.05) is 18.2 Å². The van der Waals surface area contributed by atoms with Crippen molar-refractivity contribution in [1.29, 1.82) is 0 Å². The lowest BCUT2D eigenvalue weighted by Gasteiger charge is -2.44. The topological polar surface area (TPSA) is 87.2 Å². The molecule has 2 aromatic rings. The highest BCUT2D eigenvalue weighted by atomic mass is 19.1. The SMILES string of the molecule is O=C(O)[C@@H]1COC2(CCN(C(=O)c3ccc(F)cc3)CC2)N1C(=O)c1ccccc1. The van der Waals surface area contributed by atoms with Gasteiger partial charge in [0.2, 0.25) is 0 Å². The van der Waals surface area contributed by atoms with Crippen LogP contribution in [0.1, 0.15) is 33.6 Å². The fourth-order valence-electron chi connectivity index (χ4n) is 4.11. The normalized spacial score (nSPS) is 20.4. The summed E-state index contributed by atoms with van der Waals surface area (Å²) in [6, 6.07) is 12.7. The molecule has 0 aliphatic carbocycles. The van der Waals surface area contributed by atoms with Crippen LogP contribution in [0.5, 0.6) is 0 Å². The van der Waals surface area contributed by atoms with Crippen molar-refractivity contribution in [1.82, 2.24) is 9.80 Å². The van der Waals surface area contributed by atoms with Gasteiger partial charge in [0, 0.05) is 37.1 Å². The first-order valence-electron chi connectivity index (χ1n) is 9.72. The van der Waals surface area contributed by atoms with Crippen molar-refractivity contribution in [2.45, 2.75) is 24.6 Å². The molecule has 2 aliphatic rings. The van der Waals surface area contributed by atoms with Gasteiger partial charge in [0.15, 0.2) is 6.04 Å². The number of nitrogens with zero attached hydrogens (tertiary/aromatic N) is 2. The summed E-state index contributed by atoms with van der Waals surface area (Å²) in [6.07, 6.45) is 0.588. The Kier molecular flexibility index (Phi) is 5.26. The Bertz CT molecular complexity index is 955. The molecule has 0 bridgehead atoms. The molecule has 4 rings (SSSR count). The maximum Gasteiger partial charge on any atom is 0.328 e. The average Bonchev–Trinajstić information content (AvgIpc) is 3.13. The third-order valence-corrected chi connectivity index (χ3v) is 5.71. The average molecular weight is 412 g/mol. The van der Waals surface area contributed by atoms with Crippen molar-refractivity contribution in [3.8, 4) is 0 Å². The molecule has 8 heteroatoms. The molecule has 30 heavy (non-hydrogen) atoms. The van der Waals surface area contributed by atoms with Crippen molar-refractivity contribution >= 4 is 17.8 Å². The predicted octanol–water partition coefficient (Wildman–Crippen LogP) is 2.38. The number of benzene rings is 2. The lowest BCUT2D eigenvalue weighted by Crippen LogP contribution is -2.58. The van der Waals surface area contributed by atoms with E-state index in [1.165, 1.54) is 29.2 Å². The van der Waals surface area contributed by atoms with Gasteiger partial charge in [-0.05, 0) is 36.4 Å². The van der Waals surface area contributed by atoms with Gasteiger partial charge in [0.25, 0.3) is 11.8 Å². The number of halogens is 1. The maximum absolute atomic E-state index is 13.2. The molecule has 0 radical (unpaired) electrons. The molecule has 0 aromatic heterocycles. The van der Waals surface area contributed by atoms with Crippen LogP contribution in [0.25, 0.3) is 0 Å². The summed E-state index contributed by atoms with van der Waals surface area (Å²) in [5.74, 6) is -2.18. The van der Waals surface area contributed by atoms with E-state index in [1.54, 1.807) is 35.2 Å². The van der Waals surface area contributed by atoms with Crippen LogP contribution in [-0.2, 0) is 9.53 Å². The zero-order valence-electron chi connectivity index (χ0n) is 16.2. The van der Waals surface area contributed by atoms with Crippen molar-refractivity contribution in [2.24, 2.45) is 0 Å². The van der Waals surface area contributed by atoms with Crippen LogP contribution < -0.4 is 0 Å². The molecular formula is C22H21FN2O5. The van der Waals surface area contributed by atoms with Crippen molar-refractivity contribution in [3.05, 3.63) is 71.5 Å². The molecule has 2 heterocycles. The third-order valence-electron chi connectivity index (χ3n) is 5.71. The number of ether oxygens (including phenoxy) is 1. The number of hydrogen-bond donors (Lipinski definition) is 1.